The van der Waals surface area contributed by atoms with Gasteiger partial charge in [-0.3, -0.25) is 0 Å². The number of hydrogen-bond acceptors (Lipinski definition) is 1. The molecule has 1 nitrogen and oxygen atoms in total. The van der Waals surface area contributed by atoms with Crippen LogP contribution in [0.3, 0.4) is 0 Å². The Morgan fingerprint density at radius 3 is 2.21 bits per heavy atom. The maximum Gasteiger partial charge on any atom is -0.00171 e. The standard InChI is InChI=1S/C13H17N/c1-2-4-10(5-3-1)11-6-12-8-14-9-13(12)7-11/h1-5,11-14H,6-9H2/t11-,12-,13+. The summed E-state index contributed by atoms with van der Waals surface area (Å²) in [7, 11) is 0. The molecular formula is C13H17N. The minimum Gasteiger partial charge on any atom is -0.316 e. The third-order valence-corrected chi connectivity index (χ3v) is 3.93. The Kier molecular flexibility index (Phi) is 2.06. The van der Waals surface area contributed by atoms with Gasteiger partial charge in [0.1, 0.15) is 0 Å². The van der Waals surface area contributed by atoms with Gasteiger partial charge in [-0.05, 0) is 49.2 Å². The van der Waals surface area contributed by atoms with Gasteiger partial charge < -0.3 is 5.32 Å². The van der Waals surface area contributed by atoms with Crippen LogP contribution >= 0.6 is 0 Å². The molecule has 1 N–H and O–H groups in total. The van der Waals surface area contributed by atoms with E-state index in [4.69, 9.17) is 0 Å². The van der Waals surface area contributed by atoms with Crippen LogP contribution in [0.5, 0.6) is 0 Å². The Labute approximate surface area is 85.5 Å². The van der Waals surface area contributed by atoms with Gasteiger partial charge >= 0.3 is 0 Å². The van der Waals surface area contributed by atoms with Crippen molar-refractivity contribution in [2.45, 2.75) is 18.8 Å². The topological polar surface area (TPSA) is 12.0 Å². The first-order valence-corrected chi connectivity index (χ1v) is 5.69. The molecule has 0 bridgehead atoms. The zero-order valence-electron chi connectivity index (χ0n) is 8.45. The molecule has 2 fully saturated rings. The summed E-state index contributed by atoms with van der Waals surface area (Å²) in [5.74, 6) is 2.76. The van der Waals surface area contributed by atoms with Gasteiger partial charge in [-0.25, -0.2) is 0 Å². The quantitative estimate of drug-likeness (QED) is 0.712. The minimum absolute atomic E-state index is 0.841. The highest BCUT2D eigenvalue weighted by molar-refractivity contribution is 5.21. The summed E-state index contributed by atoms with van der Waals surface area (Å²) in [6.07, 6.45) is 2.81. The van der Waals surface area contributed by atoms with Crippen LogP contribution in [0.2, 0.25) is 0 Å². The second-order valence-electron chi connectivity index (χ2n) is 4.76. The van der Waals surface area contributed by atoms with Crippen LogP contribution in [-0.4, -0.2) is 13.1 Å². The van der Waals surface area contributed by atoms with Crippen molar-refractivity contribution in [2.75, 3.05) is 13.1 Å². The fourth-order valence-electron chi connectivity index (χ4n) is 3.16. The highest BCUT2D eigenvalue weighted by atomic mass is 14.9. The third-order valence-electron chi connectivity index (χ3n) is 3.93. The van der Waals surface area contributed by atoms with Gasteiger partial charge in [-0.1, -0.05) is 30.3 Å². The van der Waals surface area contributed by atoms with E-state index in [2.05, 4.69) is 35.6 Å². The first-order chi connectivity index (χ1) is 6.93. The summed E-state index contributed by atoms with van der Waals surface area (Å²) in [6.45, 7) is 2.52. The van der Waals surface area contributed by atoms with Crippen LogP contribution in [0.4, 0.5) is 0 Å². The first kappa shape index (κ1) is 8.49. The van der Waals surface area contributed by atoms with Crippen molar-refractivity contribution in [3.8, 4) is 0 Å². The van der Waals surface area contributed by atoms with Gasteiger partial charge in [-0.15, -0.1) is 0 Å². The number of fused-ring (bicyclic) bond motifs is 1. The monoisotopic (exact) mass is 187 g/mol. The van der Waals surface area contributed by atoms with Crippen LogP contribution < -0.4 is 5.32 Å². The predicted molar refractivity (Wildman–Crippen MR) is 58.3 cm³/mol. The van der Waals surface area contributed by atoms with Crippen LogP contribution in [0.25, 0.3) is 0 Å². The van der Waals surface area contributed by atoms with E-state index in [1.165, 1.54) is 25.9 Å². The minimum atomic E-state index is 0.841. The molecule has 74 valence electrons. The second kappa shape index (κ2) is 3.39. The zero-order chi connectivity index (χ0) is 9.38. The summed E-state index contributed by atoms with van der Waals surface area (Å²) in [4.78, 5) is 0. The zero-order valence-corrected chi connectivity index (χ0v) is 8.45. The molecule has 1 aromatic rings. The normalized spacial score (nSPS) is 35.9. The molecule has 1 heterocycles. The molecular weight excluding hydrogens is 170 g/mol. The molecule has 1 heteroatoms. The van der Waals surface area contributed by atoms with Crippen LogP contribution in [-0.2, 0) is 0 Å². The van der Waals surface area contributed by atoms with E-state index < -0.39 is 0 Å². The van der Waals surface area contributed by atoms with Crippen molar-refractivity contribution < 1.29 is 0 Å². The summed E-state index contributed by atoms with van der Waals surface area (Å²) in [6, 6.07) is 11.0. The second-order valence-corrected chi connectivity index (χ2v) is 4.76. The van der Waals surface area contributed by atoms with E-state index >= 15 is 0 Å². The van der Waals surface area contributed by atoms with Crippen molar-refractivity contribution in [1.82, 2.24) is 5.32 Å². The molecule has 2 aliphatic rings. The Morgan fingerprint density at radius 1 is 0.929 bits per heavy atom. The molecule has 0 aromatic heterocycles. The molecule has 1 aliphatic carbocycles. The Morgan fingerprint density at radius 2 is 1.57 bits per heavy atom. The van der Waals surface area contributed by atoms with Crippen molar-refractivity contribution in [1.29, 1.82) is 0 Å². The number of benzene rings is 1. The summed E-state index contributed by atoms with van der Waals surface area (Å²) in [5, 5.41) is 3.50. The van der Waals surface area contributed by atoms with Crippen molar-refractivity contribution in [2.24, 2.45) is 11.8 Å². The summed E-state index contributed by atoms with van der Waals surface area (Å²) >= 11 is 0. The molecule has 0 amide bonds. The van der Waals surface area contributed by atoms with E-state index in [9.17, 15) is 0 Å². The smallest absolute Gasteiger partial charge is 0.00171 e. The highest BCUT2D eigenvalue weighted by Crippen LogP contribution is 2.43. The van der Waals surface area contributed by atoms with Crippen molar-refractivity contribution in [3.63, 3.8) is 0 Å². The Balaban J connectivity index is 1.77. The average molecular weight is 187 g/mol. The Hall–Kier alpha value is -0.820. The molecule has 3 rings (SSSR count). The highest BCUT2D eigenvalue weighted by Gasteiger charge is 2.37. The maximum absolute atomic E-state index is 3.50. The van der Waals surface area contributed by atoms with E-state index in [-0.39, 0.29) is 0 Å². The Bertz CT molecular complexity index is 294. The van der Waals surface area contributed by atoms with Crippen molar-refractivity contribution >= 4 is 0 Å². The lowest BCUT2D eigenvalue weighted by atomic mass is 9.96. The lowest BCUT2D eigenvalue weighted by Gasteiger charge is -2.11. The van der Waals surface area contributed by atoms with Gasteiger partial charge in [0.15, 0.2) is 0 Å². The average Bonchev–Trinajstić information content (AvgIpc) is 2.78. The number of rotatable bonds is 1. The van der Waals surface area contributed by atoms with Crippen LogP contribution in [0, 0.1) is 11.8 Å². The van der Waals surface area contributed by atoms with Crippen LogP contribution in [0.1, 0.15) is 24.3 Å². The van der Waals surface area contributed by atoms with Gasteiger partial charge in [0.2, 0.25) is 0 Å². The number of hydrogen-bond donors (Lipinski definition) is 1. The lowest BCUT2D eigenvalue weighted by molar-refractivity contribution is 0.494. The molecule has 1 aromatic carbocycles. The van der Waals surface area contributed by atoms with Crippen LogP contribution in [0.15, 0.2) is 30.3 Å². The fourth-order valence-corrected chi connectivity index (χ4v) is 3.16. The van der Waals surface area contributed by atoms with E-state index in [0.29, 0.717) is 0 Å². The lowest BCUT2D eigenvalue weighted by Crippen LogP contribution is -2.11. The summed E-state index contributed by atoms with van der Waals surface area (Å²) < 4.78 is 0. The van der Waals surface area contributed by atoms with E-state index in [1.54, 1.807) is 5.56 Å². The molecule has 1 saturated carbocycles. The molecule has 1 saturated heterocycles. The molecule has 0 spiro atoms. The van der Waals surface area contributed by atoms with E-state index in [1.807, 2.05) is 0 Å². The number of nitrogens with one attached hydrogen (secondary N) is 1. The van der Waals surface area contributed by atoms with Gasteiger partial charge in [0.25, 0.3) is 0 Å². The van der Waals surface area contributed by atoms with Gasteiger partial charge in [0.05, 0.1) is 0 Å². The third kappa shape index (κ3) is 1.36. The van der Waals surface area contributed by atoms with Gasteiger partial charge in [-0.2, -0.15) is 0 Å². The molecule has 0 radical (unpaired) electrons. The molecule has 14 heavy (non-hydrogen) atoms. The predicted octanol–water partition coefficient (Wildman–Crippen LogP) is 2.40. The van der Waals surface area contributed by atoms with Gasteiger partial charge in [0, 0.05) is 0 Å². The largest absolute Gasteiger partial charge is 0.316 e. The first-order valence-electron chi connectivity index (χ1n) is 5.69. The summed E-state index contributed by atoms with van der Waals surface area (Å²) in [5.41, 5.74) is 1.56. The van der Waals surface area contributed by atoms with E-state index in [0.717, 1.165) is 17.8 Å². The molecule has 1 aliphatic heterocycles. The maximum atomic E-state index is 3.50. The van der Waals surface area contributed by atoms with Crippen molar-refractivity contribution in [3.05, 3.63) is 35.9 Å². The SMILES string of the molecule is c1ccc([C@H]2C[C@H]3CNC[C@H]3C2)cc1. The molecule has 3 atom stereocenters. The molecule has 0 unspecified atom stereocenters. The fraction of sp³-hybridized carbons (Fsp3) is 0.538.